The molecule has 0 radical (unpaired) electrons. The van der Waals surface area contributed by atoms with Gasteiger partial charge < -0.3 is 9.64 Å². The second kappa shape index (κ2) is 8.08. The molecule has 0 spiro atoms. The van der Waals surface area contributed by atoms with E-state index in [9.17, 15) is 9.59 Å². The van der Waals surface area contributed by atoms with Crippen molar-refractivity contribution in [2.24, 2.45) is 5.92 Å². The van der Waals surface area contributed by atoms with Gasteiger partial charge in [0.1, 0.15) is 0 Å². The molecule has 1 aliphatic rings. The minimum atomic E-state index is -0.0578. The van der Waals surface area contributed by atoms with Gasteiger partial charge in [0.2, 0.25) is 0 Å². The van der Waals surface area contributed by atoms with E-state index in [4.69, 9.17) is 4.74 Å². The molecular weight excluding hydrogens is 278 g/mol. The first-order valence-corrected chi connectivity index (χ1v) is 8.01. The molecule has 4 heteroatoms. The van der Waals surface area contributed by atoms with Crippen LogP contribution in [0.5, 0.6) is 0 Å². The number of methoxy groups -OCH3 is 1. The molecule has 4 nitrogen and oxygen atoms in total. The highest BCUT2D eigenvalue weighted by Crippen LogP contribution is 2.23. The van der Waals surface area contributed by atoms with Gasteiger partial charge >= 0.3 is 0 Å². The lowest BCUT2D eigenvalue weighted by Crippen LogP contribution is -2.40. The Bertz CT molecular complexity index is 527. The summed E-state index contributed by atoms with van der Waals surface area (Å²) in [4.78, 5) is 26.4. The van der Waals surface area contributed by atoms with Crippen LogP contribution in [0, 0.1) is 5.92 Å². The number of rotatable bonds is 6. The van der Waals surface area contributed by atoms with Crippen molar-refractivity contribution in [3.63, 3.8) is 0 Å². The Morgan fingerprint density at radius 2 is 2.00 bits per heavy atom. The molecule has 1 heterocycles. The lowest BCUT2D eigenvalue weighted by molar-refractivity contribution is 0.0657. The average molecular weight is 303 g/mol. The van der Waals surface area contributed by atoms with E-state index in [0.717, 1.165) is 39.0 Å². The molecule has 1 aliphatic heterocycles. The molecule has 1 aromatic carbocycles. The van der Waals surface area contributed by atoms with Crippen molar-refractivity contribution in [2.45, 2.75) is 32.6 Å². The second-order valence-electron chi connectivity index (χ2n) is 6.00. The maximum atomic E-state index is 12.7. The summed E-state index contributed by atoms with van der Waals surface area (Å²) >= 11 is 0. The number of amides is 1. The molecule has 0 N–H and O–H groups in total. The Morgan fingerprint density at radius 1 is 1.27 bits per heavy atom. The van der Waals surface area contributed by atoms with Crippen LogP contribution in [-0.2, 0) is 4.74 Å². The van der Waals surface area contributed by atoms with E-state index in [-0.39, 0.29) is 11.7 Å². The van der Waals surface area contributed by atoms with Crippen molar-refractivity contribution < 1.29 is 14.3 Å². The van der Waals surface area contributed by atoms with Crippen LogP contribution in [0.4, 0.5) is 0 Å². The van der Waals surface area contributed by atoms with E-state index >= 15 is 0 Å². The fourth-order valence-electron chi connectivity index (χ4n) is 3.15. The van der Waals surface area contributed by atoms with Crippen molar-refractivity contribution in [3.05, 3.63) is 35.4 Å². The first-order chi connectivity index (χ1) is 10.6. The molecule has 0 saturated carbocycles. The zero-order chi connectivity index (χ0) is 15.9. The summed E-state index contributed by atoms with van der Waals surface area (Å²) in [6, 6.07) is 7.11. The van der Waals surface area contributed by atoms with Gasteiger partial charge in [0, 0.05) is 32.4 Å². The first-order valence-electron chi connectivity index (χ1n) is 8.01. The van der Waals surface area contributed by atoms with Crippen molar-refractivity contribution in [1.29, 1.82) is 0 Å². The number of carbonyl (C=O) groups is 2. The molecule has 2 rings (SSSR count). The highest BCUT2D eigenvalue weighted by molar-refractivity contribution is 6.07. The van der Waals surface area contributed by atoms with Crippen LogP contribution in [0.25, 0.3) is 0 Å². The molecule has 120 valence electrons. The van der Waals surface area contributed by atoms with Crippen LogP contribution in [0.1, 0.15) is 53.3 Å². The maximum Gasteiger partial charge on any atom is 0.254 e. The van der Waals surface area contributed by atoms with E-state index in [2.05, 4.69) is 0 Å². The van der Waals surface area contributed by atoms with E-state index in [1.165, 1.54) is 13.3 Å². The standard InChI is InChI=1S/C18H25NO3/c1-14(20)16-9-3-4-10-17(16)18(21)19-11-5-7-15(13-19)8-6-12-22-2/h3-4,9-10,15H,5-8,11-13H2,1-2H3/t15-/m0/s1. The number of Topliss-reactive ketones (excluding diaryl/α,β-unsaturated/α-hetero) is 1. The van der Waals surface area contributed by atoms with Gasteiger partial charge in [-0.15, -0.1) is 0 Å². The number of piperidine rings is 1. The van der Waals surface area contributed by atoms with Crippen molar-refractivity contribution >= 4 is 11.7 Å². The molecule has 0 aliphatic carbocycles. The third-order valence-electron chi connectivity index (χ3n) is 4.30. The van der Waals surface area contributed by atoms with Gasteiger partial charge in [-0.05, 0) is 44.6 Å². The summed E-state index contributed by atoms with van der Waals surface area (Å²) in [7, 11) is 1.72. The molecule has 1 amide bonds. The minimum Gasteiger partial charge on any atom is -0.385 e. The summed E-state index contributed by atoms with van der Waals surface area (Å²) in [5, 5.41) is 0. The Balaban J connectivity index is 2.04. The normalized spacial score (nSPS) is 18.3. The second-order valence-corrected chi connectivity index (χ2v) is 6.00. The lowest BCUT2D eigenvalue weighted by atomic mass is 9.92. The van der Waals surface area contributed by atoms with Crippen molar-refractivity contribution in [1.82, 2.24) is 4.90 Å². The molecule has 0 unspecified atom stereocenters. The van der Waals surface area contributed by atoms with Crippen LogP contribution in [0.15, 0.2) is 24.3 Å². The van der Waals surface area contributed by atoms with E-state index in [1.807, 2.05) is 11.0 Å². The largest absolute Gasteiger partial charge is 0.385 e. The van der Waals surface area contributed by atoms with Crippen LogP contribution in [0.3, 0.4) is 0 Å². The summed E-state index contributed by atoms with van der Waals surface area (Å²) in [6.45, 7) is 3.86. The van der Waals surface area contributed by atoms with Gasteiger partial charge in [0.15, 0.2) is 5.78 Å². The fourth-order valence-corrected chi connectivity index (χ4v) is 3.15. The van der Waals surface area contributed by atoms with E-state index in [1.54, 1.807) is 25.3 Å². The predicted molar refractivity (Wildman–Crippen MR) is 86.2 cm³/mol. The minimum absolute atomic E-state index is 0.0118. The van der Waals surface area contributed by atoms with Gasteiger partial charge in [0.25, 0.3) is 5.91 Å². The number of nitrogens with zero attached hydrogens (tertiary/aromatic N) is 1. The summed E-state index contributed by atoms with van der Waals surface area (Å²) in [5.41, 5.74) is 1.06. The van der Waals surface area contributed by atoms with Gasteiger partial charge in [-0.2, -0.15) is 0 Å². The van der Waals surface area contributed by atoms with Gasteiger partial charge in [-0.1, -0.05) is 18.2 Å². The van der Waals surface area contributed by atoms with Crippen molar-refractivity contribution in [3.8, 4) is 0 Å². The molecular formula is C18H25NO3. The maximum absolute atomic E-state index is 12.7. The number of hydrogen-bond donors (Lipinski definition) is 0. The van der Waals surface area contributed by atoms with Crippen LogP contribution in [-0.4, -0.2) is 43.4 Å². The molecule has 1 saturated heterocycles. The van der Waals surface area contributed by atoms with Crippen LogP contribution >= 0.6 is 0 Å². The summed E-state index contributed by atoms with van der Waals surface area (Å²) in [5.74, 6) is 0.470. The van der Waals surface area contributed by atoms with Crippen LogP contribution < -0.4 is 0 Å². The number of ether oxygens (including phenoxy) is 1. The predicted octanol–water partition coefficient (Wildman–Crippen LogP) is 3.17. The van der Waals surface area contributed by atoms with Gasteiger partial charge in [0.05, 0.1) is 5.56 Å². The molecule has 1 atom stereocenters. The Labute approximate surface area is 132 Å². The number of likely N-dealkylation sites (tertiary alicyclic amines) is 1. The van der Waals surface area contributed by atoms with E-state index < -0.39 is 0 Å². The highest BCUT2D eigenvalue weighted by atomic mass is 16.5. The van der Waals surface area contributed by atoms with Gasteiger partial charge in [-0.25, -0.2) is 0 Å². The monoisotopic (exact) mass is 303 g/mol. The third kappa shape index (κ3) is 4.17. The quantitative estimate of drug-likeness (QED) is 0.599. The Morgan fingerprint density at radius 3 is 2.68 bits per heavy atom. The smallest absolute Gasteiger partial charge is 0.254 e. The SMILES string of the molecule is COCCC[C@@H]1CCCN(C(=O)c2ccccc2C(C)=O)C1. The topological polar surface area (TPSA) is 46.6 Å². The molecule has 0 bridgehead atoms. The Kier molecular flexibility index (Phi) is 6.13. The Hall–Kier alpha value is -1.68. The summed E-state index contributed by atoms with van der Waals surface area (Å²) in [6.07, 6.45) is 4.33. The first kappa shape index (κ1) is 16.7. The number of carbonyl (C=O) groups excluding carboxylic acids is 2. The number of hydrogen-bond acceptors (Lipinski definition) is 3. The zero-order valence-electron chi connectivity index (χ0n) is 13.5. The lowest BCUT2D eigenvalue weighted by Gasteiger charge is -2.33. The van der Waals surface area contributed by atoms with Gasteiger partial charge in [-0.3, -0.25) is 9.59 Å². The average Bonchev–Trinajstić information content (AvgIpc) is 2.54. The molecule has 1 fully saturated rings. The highest BCUT2D eigenvalue weighted by Gasteiger charge is 2.26. The van der Waals surface area contributed by atoms with Crippen molar-refractivity contribution in [2.75, 3.05) is 26.8 Å². The zero-order valence-corrected chi connectivity index (χ0v) is 13.5. The fraction of sp³-hybridized carbons (Fsp3) is 0.556. The van der Waals surface area contributed by atoms with Crippen LogP contribution in [0.2, 0.25) is 0 Å². The summed E-state index contributed by atoms with van der Waals surface area (Å²) < 4.78 is 5.10. The molecule has 0 aromatic heterocycles. The van der Waals surface area contributed by atoms with E-state index in [0.29, 0.717) is 17.0 Å². The number of benzene rings is 1. The molecule has 1 aromatic rings. The number of ketones is 1. The third-order valence-corrected chi connectivity index (χ3v) is 4.30. The molecule has 22 heavy (non-hydrogen) atoms.